The lowest BCUT2D eigenvalue weighted by molar-refractivity contribution is -0.137. The van der Waals surface area contributed by atoms with Crippen LogP contribution in [0.1, 0.15) is 39.3 Å². The second kappa shape index (κ2) is 8.41. The number of aromatic amines is 1. The number of fused-ring (bicyclic) bond motifs is 1. The van der Waals surface area contributed by atoms with Gasteiger partial charge < -0.3 is 10.3 Å². The largest absolute Gasteiger partial charge is 0.416 e. The van der Waals surface area contributed by atoms with Crippen molar-refractivity contribution in [2.24, 2.45) is 0 Å². The Morgan fingerprint density at radius 3 is 2.41 bits per heavy atom. The summed E-state index contributed by atoms with van der Waals surface area (Å²) in [7, 11) is 0. The maximum atomic E-state index is 13.1. The molecule has 0 aliphatic carbocycles. The predicted octanol–water partition coefficient (Wildman–Crippen LogP) is 6.36. The molecule has 2 N–H and O–H groups in total. The molecule has 0 saturated heterocycles. The molecule has 164 valence electrons. The zero-order valence-corrected chi connectivity index (χ0v) is 16.4. The van der Waals surface area contributed by atoms with Gasteiger partial charge in [0.15, 0.2) is 0 Å². The van der Waals surface area contributed by atoms with Gasteiger partial charge in [0, 0.05) is 23.2 Å². The molecule has 0 spiro atoms. The highest BCUT2D eigenvalue weighted by molar-refractivity contribution is 6.05. The van der Waals surface area contributed by atoms with Gasteiger partial charge >= 0.3 is 6.18 Å². The van der Waals surface area contributed by atoms with E-state index in [1.165, 1.54) is 30.3 Å². The van der Waals surface area contributed by atoms with E-state index in [1.807, 2.05) is 0 Å². The molecule has 3 aromatic carbocycles. The number of rotatable bonds is 5. The number of hydrogen-bond acceptors (Lipinski definition) is 2. The number of anilines is 1. The van der Waals surface area contributed by atoms with Crippen molar-refractivity contribution in [3.8, 4) is 0 Å². The quantitative estimate of drug-likeness (QED) is 0.351. The van der Waals surface area contributed by atoms with Gasteiger partial charge in [-0.15, -0.1) is 0 Å². The van der Waals surface area contributed by atoms with E-state index in [-0.39, 0.29) is 16.6 Å². The average Bonchev–Trinajstić information content (AvgIpc) is 3.16. The van der Waals surface area contributed by atoms with Gasteiger partial charge in [-0.2, -0.15) is 13.2 Å². The number of imidazole rings is 1. The smallest absolute Gasteiger partial charge is 0.342 e. The van der Waals surface area contributed by atoms with Crippen LogP contribution in [0, 0.1) is 0 Å². The maximum Gasteiger partial charge on any atom is 0.416 e. The Balaban J connectivity index is 1.47. The predicted molar refractivity (Wildman–Crippen MR) is 110 cm³/mol. The first-order chi connectivity index (χ1) is 15.2. The van der Waals surface area contributed by atoms with Crippen LogP contribution in [0.3, 0.4) is 0 Å². The number of alkyl halides is 5. The SMILES string of the molecule is O=C(Nc1ccc(Cc2nc3cc(C(F)(F)F)ccc3[nH]2)cc1)c1ccccc1C(F)F. The van der Waals surface area contributed by atoms with E-state index < -0.39 is 24.1 Å². The normalized spacial score (nSPS) is 11.8. The molecule has 0 aliphatic rings. The minimum atomic E-state index is -4.44. The summed E-state index contributed by atoms with van der Waals surface area (Å²) < 4.78 is 64.8. The average molecular weight is 445 g/mol. The Hall–Kier alpha value is -3.75. The number of carbonyl (C=O) groups is 1. The first-order valence-electron chi connectivity index (χ1n) is 9.54. The molecule has 4 nitrogen and oxygen atoms in total. The van der Waals surface area contributed by atoms with Crippen molar-refractivity contribution < 1.29 is 26.7 Å². The fraction of sp³-hybridized carbons (Fsp3) is 0.130. The Labute approximate surface area is 179 Å². The first-order valence-corrected chi connectivity index (χ1v) is 9.54. The van der Waals surface area contributed by atoms with Crippen molar-refractivity contribution in [1.82, 2.24) is 9.97 Å². The third-order valence-corrected chi connectivity index (χ3v) is 4.88. The molecule has 0 unspecified atom stereocenters. The molecule has 0 bridgehead atoms. The van der Waals surface area contributed by atoms with Crippen molar-refractivity contribution in [3.63, 3.8) is 0 Å². The van der Waals surface area contributed by atoms with E-state index in [9.17, 15) is 26.7 Å². The molecule has 9 heteroatoms. The summed E-state index contributed by atoms with van der Waals surface area (Å²) in [6.45, 7) is 0. The highest BCUT2D eigenvalue weighted by atomic mass is 19.4. The summed E-state index contributed by atoms with van der Waals surface area (Å²) in [5, 5.41) is 2.58. The minimum Gasteiger partial charge on any atom is -0.342 e. The molecule has 1 amide bonds. The topological polar surface area (TPSA) is 57.8 Å². The van der Waals surface area contributed by atoms with Crippen LogP contribution in [-0.4, -0.2) is 15.9 Å². The molecule has 4 aromatic rings. The Bertz CT molecular complexity index is 1260. The number of nitrogens with one attached hydrogen (secondary N) is 2. The summed E-state index contributed by atoms with van der Waals surface area (Å²) >= 11 is 0. The molecule has 0 fully saturated rings. The first kappa shape index (κ1) is 21.5. The lowest BCUT2D eigenvalue weighted by Crippen LogP contribution is -2.14. The van der Waals surface area contributed by atoms with Crippen LogP contribution in [0.5, 0.6) is 0 Å². The van der Waals surface area contributed by atoms with Gasteiger partial charge in [-0.05, 0) is 42.0 Å². The van der Waals surface area contributed by atoms with E-state index in [0.717, 1.165) is 17.7 Å². The van der Waals surface area contributed by atoms with Crippen LogP contribution in [0.2, 0.25) is 0 Å². The van der Waals surface area contributed by atoms with Gasteiger partial charge in [0.1, 0.15) is 5.82 Å². The van der Waals surface area contributed by atoms with Crippen molar-refractivity contribution in [1.29, 1.82) is 0 Å². The maximum absolute atomic E-state index is 13.1. The van der Waals surface area contributed by atoms with Crippen molar-refractivity contribution in [3.05, 3.63) is 94.8 Å². The van der Waals surface area contributed by atoms with Crippen LogP contribution < -0.4 is 5.32 Å². The Kier molecular flexibility index (Phi) is 5.65. The van der Waals surface area contributed by atoms with Gasteiger partial charge in [-0.1, -0.05) is 30.3 Å². The van der Waals surface area contributed by atoms with Gasteiger partial charge in [0.05, 0.1) is 16.6 Å². The lowest BCUT2D eigenvalue weighted by Gasteiger charge is -2.10. The van der Waals surface area contributed by atoms with Crippen molar-refractivity contribution in [2.45, 2.75) is 19.0 Å². The zero-order valence-electron chi connectivity index (χ0n) is 16.4. The molecule has 1 heterocycles. The van der Waals surface area contributed by atoms with Crippen molar-refractivity contribution >= 4 is 22.6 Å². The summed E-state index contributed by atoms with van der Waals surface area (Å²) in [6, 6.07) is 15.5. The summed E-state index contributed by atoms with van der Waals surface area (Å²) in [6.07, 6.45) is -6.88. The molecule has 1 aromatic heterocycles. The number of benzene rings is 3. The van der Waals surface area contributed by atoms with E-state index in [1.54, 1.807) is 24.3 Å². The number of halogens is 5. The summed E-state index contributed by atoms with van der Waals surface area (Å²) in [5.74, 6) is -0.159. The molecule has 0 saturated carbocycles. The van der Waals surface area contributed by atoms with E-state index >= 15 is 0 Å². The summed E-state index contributed by atoms with van der Waals surface area (Å²) in [5.41, 5.74) is 0.711. The number of hydrogen-bond donors (Lipinski definition) is 2. The van der Waals surface area contributed by atoms with Crippen LogP contribution in [-0.2, 0) is 12.6 Å². The molecule has 32 heavy (non-hydrogen) atoms. The molecular formula is C23H16F5N3O. The number of nitrogens with zero attached hydrogens (tertiary/aromatic N) is 1. The fourth-order valence-corrected chi connectivity index (χ4v) is 3.31. The second-order valence-electron chi connectivity index (χ2n) is 7.13. The minimum absolute atomic E-state index is 0.105. The fourth-order valence-electron chi connectivity index (χ4n) is 3.31. The molecule has 0 atom stereocenters. The van der Waals surface area contributed by atoms with Crippen LogP contribution in [0.25, 0.3) is 11.0 Å². The Morgan fingerprint density at radius 2 is 1.72 bits per heavy atom. The van der Waals surface area contributed by atoms with Gasteiger partial charge in [0.25, 0.3) is 12.3 Å². The third-order valence-electron chi connectivity index (χ3n) is 4.88. The van der Waals surface area contributed by atoms with Gasteiger partial charge in [0.2, 0.25) is 0 Å². The molecule has 0 radical (unpaired) electrons. The lowest BCUT2D eigenvalue weighted by atomic mass is 10.1. The highest BCUT2D eigenvalue weighted by Gasteiger charge is 2.30. The second-order valence-corrected chi connectivity index (χ2v) is 7.13. The van der Waals surface area contributed by atoms with Gasteiger partial charge in [-0.25, -0.2) is 13.8 Å². The molecule has 0 aliphatic heterocycles. The van der Waals surface area contributed by atoms with Crippen LogP contribution >= 0.6 is 0 Å². The summed E-state index contributed by atoms with van der Waals surface area (Å²) in [4.78, 5) is 19.6. The number of carbonyl (C=O) groups excluding carboxylic acids is 1. The molecule has 4 rings (SSSR count). The third kappa shape index (κ3) is 4.61. The van der Waals surface area contributed by atoms with E-state index in [4.69, 9.17) is 0 Å². The highest BCUT2D eigenvalue weighted by Crippen LogP contribution is 2.31. The number of H-pyrrole nitrogens is 1. The number of aromatic nitrogens is 2. The Morgan fingerprint density at radius 1 is 1.00 bits per heavy atom. The molecular weight excluding hydrogens is 429 g/mol. The van der Waals surface area contributed by atoms with Crippen molar-refractivity contribution in [2.75, 3.05) is 5.32 Å². The number of amides is 1. The van der Waals surface area contributed by atoms with E-state index in [0.29, 0.717) is 23.4 Å². The van der Waals surface area contributed by atoms with Gasteiger partial charge in [-0.3, -0.25) is 4.79 Å². The standard InChI is InChI=1S/C23H16F5N3O/c24-21(25)16-3-1-2-4-17(16)22(32)29-15-8-5-13(6-9-15)11-20-30-18-10-7-14(23(26,27)28)12-19(18)31-20/h1-10,12,21H,11H2,(H,29,32)(H,30,31). The van der Waals surface area contributed by atoms with E-state index in [2.05, 4.69) is 15.3 Å². The monoisotopic (exact) mass is 445 g/mol. The van der Waals surface area contributed by atoms with Crippen LogP contribution in [0.4, 0.5) is 27.6 Å². The zero-order chi connectivity index (χ0) is 22.9. The van der Waals surface area contributed by atoms with Crippen LogP contribution in [0.15, 0.2) is 66.7 Å².